The molecule has 0 atom stereocenters. The molecule has 0 aromatic heterocycles. The van der Waals surface area contributed by atoms with Gasteiger partial charge < -0.3 is 4.90 Å². The van der Waals surface area contributed by atoms with Gasteiger partial charge in [-0.2, -0.15) is 0 Å². The van der Waals surface area contributed by atoms with Crippen molar-refractivity contribution in [2.75, 3.05) is 16.2 Å². The summed E-state index contributed by atoms with van der Waals surface area (Å²) >= 11 is 0. The monoisotopic (exact) mass is 348 g/mol. The lowest BCUT2D eigenvalue weighted by atomic mass is 10.2. The summed E-state index contributed by atoms with van der Waals surface area (Å²) < 4.78 is 40.9. The maximum atomic E-state index is 13.4. The van der Waals surface area contributed by atoms with Crippen molar-refractivity contribution >= 4 is 27.3 Å². The zero-order chi connectivity index (χ0) is 17.3. The molecular formula is C17H17FN2O3S. The first-order valence-corrected chi connectivity index (χ1v) is 9.04. The van der Waals surface area contributed by atoms with Crippen LogP contribution in [-0.4, -0.2) is 20.9 Å². The van der Waals surface area contributed by atoms with Gasteiger partial charge >= 0.3 is 0 Å². The number of anilines is 2. The third kappa shape index (κ3) is 3.26. The number of nitrogens with zero attached hydrogens (tertiary/aromatic N) is 1. The van der Waals surface area contributed by atoms with E-state index in [9.17, 15) is 17.6 Å². The molecule has 5 nitrogen and oxygen atoms in total. The van der Waals surface area contributed by atoms with Crippen LogP contribution in [0.5, 0.6) is 0 Å². The number of carbonyl (C=O) groups excluding carboxylic acids is 1. The van der Waals surface area contributed by atoms with E-state index in [1.165, 1.54) is 12.1 Å². The number of carbonyl (C=O) groups is 1. The van der Waals surface area contributed by atoms with E-state index in [0.29, 0.717) is 29.9 Å². The molecule has 126 valence electrons. The second-order valence-corrected chi connectivity index (χ2v) is 7.37. The van der Waals surface area contributed by atoms with Crippen molar-refractivity contribution < 1.29 is 17.6 Å². The van der Waals surface area contributed by atoms with Crippen molar-refractivity contribution in [2.45, 2.75) is 24.7 Å². The van der Waals surface area contributed by atoms with Crippen molar-refractivity contribution in [1.29, 1.82) is 0 Å². The first-order valence-electron chi connectivity index (χ1n) is 7.56. The third-order valence-electron chi connectivity index (χ3n) is 3.92. The first kappa shape index (κ1) is 16.4. The maximum Gasteiger partial charge on any atom is 0.262 e. The highest BCUT2D eigenvalue weighted by Gasteiger charge is 2.23. The van der Waals surface area contributed by atoms with Gasteiger partial charge in [0.25, 0.3) is 10.0 Å². The van der Waals surface area contributed by atoms with Crippen LogP contribution in [0.3, 0.4) is 0 Å². The largest absolute Gasteiger partial charge is 0.312 e. The molecule has 0 bridgehead atoms. The van der Waals surface area contributed by atoms with E-state index < -0.39 is 15.8 Å². The van der Waals surface area contributed by atoms with Crippen LogP contribution in [0.2, 0.25) is 0 Å². The predicted molar refractivity (Wildman–Crippen MR) is 90.0 cm³/mol. The van der Waals surface area contributed by atoms with E-state index in [1.54, 1.807) is 36.1 Å². The summed E-state index contributed by atoms with van der Waals surface area (Å²) in [5, 5.41) is 0. The minimum absolute atomic E-state index is 0.0241. The Balaban J connectivity index is 1.90. The van der Waals surface area contributed by atoms with Crippen LogP contribution in [0.15, 0.2) is 47.4 Å². The fraction of sp³-hybridized carbons (Fsp3) is 0.235. The van der Waals surface area contributed by atoms with Gasteiger partial charge in [-0.05, 0) is 49.2 Å². The molecule has 1 heterocycles. The summed E-state index contributed by atoms with van der Waals surface area (Å²) in [5.74, 6) is -0.589. The van der Waals surface area contributed by atoms with Gasteiger partial charge in [0, 0.05) is 18.7 Å². The fourth-order valence-electron chi connectivity index (χ4n) is 2.73. The van der Waals surface area contributed by atoms with Gasteiger partial charge in [-0.15, -0.1) is 0 Å². The summed E-state index contributed by atoms with van der Waals surface area (Å²) in [7, 11) is -3.91. The van der Waals surface area contributed by atoms with Crippen LogP contribution < -0.4 is 9.62 Å². The van der Waals surface area contributed by atoms with Gasteiger partial charge in [-0.1, -0.05) is 12.1 Å². The number of hydrogen-bond acceptors (Lipinski definition) is 3. The van der Waals surface area contributed by atoms with Crippen molar-refractivity contribution in [2.24, 2.45) is 0 Å². The molecule has 1 fully saturated rings. The molecule has 1 amide bonds. The number of rotatable bonds is 4. The molecule has 7 heteroatoms. The van der Waals surface area contributed by atoms with Crippen molar-refractivity contribution in [1.82, 2.24) is 0 Å². The van der Waals surface area contributed by atoms with E-state index in [2.05, 4.69) is 4.72 Å². The van der Waals surface area contributed by atoms with Crippen LogP contribution in [0, 0.1) is 12.7 Å². The number of amides is 1. The Morgan fingerprint density at radius 1 is 1.17 bits per heavy atom. The van der Waals surface area contributed by atoms with Crippen molar-refractivity contribution in [3.8, 4) is 0 Å². The Bertz CT molecular complexity index is 896. The molecule has 0 unspecified atom stereocenters. The molecule has 1 N–H and O–H groups in total. The standard InChI is InChI=1S/C17H17FN2O3S/c1-12-7-8-13(18)10-16(12)24(22,23)19-14-4-2-5-15(11-14)20-9-3-6-17(20)21/h2,4-5,7-8,10-11,19H,3,6,9H2,1H3. The van der Waals surface area contributed by atoms with E-state index in [-0.39, 0.29) is 10.8 Å². The quantitative estimate of drug-likeness (QED) is 0.923. The molecule has 0 aliphatic carbocycles. The summed E-state index contributed by atoms with van der Waals surface area (Å²) in [6.45, 7) is 2.23. The van der Waals surface area contributed by atoms with Crippen LogP contribution in [-0.2, 0) is 14.8 Å². The van der Waals surface area contributed by atoms with Gasteiger partial charge in [-0.3, -0.25) is 9.52 Å². The second kappa shape index (κ2) is 6.24. The molecule has 3 rings (SSSR count). The van der Waals surface area contributed by atoms with E-state index in [1.807, 2.05) is 0 Å². The van der Waals surface area contributed by atoms with Crippen molar-refractivity contribution in [3.05, 3.63) is 53.8 Å². The maximum absolute atomic E-state index is 13.4. The SMILES string of the molecule is Cc1ccc(F)cc1S(=O)(=O)Nc1cccc(N2CCCC2=O)c1. The van der Waals surface area contributed by atoms with E-state index >= 15 is 0 Å². The molecule has 2 aromatic rings. The molecule has 2 aromatic carbocycles. The van der Waals surface area contributed by atoms with Gasteiger partial charge in [0.05, 0.1) is 10.6 Å². The normalized spacial score (nSPS) is 14.9. The molecule has 1 saturated heterocycles. The Morgan fingerprint density at radius 3 is 2.67 bits per heavy atom. The first-order chi connectivity index (χ1) is 11.4. The number of aryl methyl sites for hydroxylation is 1. The van der Waals surface area contributed by atoms with Crippen molar-refractivity contribution in [3.63, 3.8) is 0 Å². The molecular weight excluding hydrogens is 331 g/mol. The molecule has 24 heavy (non-hydrogen) atoms. The predicted octanol–water partition coefficient (Wildman–Crippen LogP) is 3.06. The summed E-state index contributed by atoms with van der Waals surface area (Å²) in [4.78, 5) is 13.3. The minimum atomic E-state index is -3.91. The molecule has 1 aliphatic rings. The Labute approximate surface area is 140 Å². The number of sulfonamides is 1. The Morgan fingerprint density at radius 2 is 1.96 bits per heavy atom. The molecule has 0 radical (unpaired) electrons. The summed E-state index contributed by atoms with van der Waals surface area (Å²) in [6.07, 6.45) is 1.29. The lowest BCUT2D eigenvalue weighted by Crippen LogP contribution is -2.23. The highest BCUT2D eigenvalue weighted by Crippen LogP contribution is 2.26. The smallest absolute Gasteiger partial charge is 0.262 e. The average Bonchev–Trinajstić information content (AvgIpc) is 2.95. The van der Waals surface area contributed by atoms with Gasteiger partial charge in [0.2, 0.25) is 5.91 Å². The second-order valence-electron chi connectivity index (χ2n) is 5.71. The summed E-state index contributed by atoms with van der Waals surface area (Å²) in [5.41, 5.74) is 1.43. The van der Waals surface area contributed by atoms with Crippen LogP contribution in [0.25, 0.3) is 0 Å². The highest BCUT2D eigenvalue weighted by atomic mass is 32.2. The summed E-state index contributed by atoms with van der Waals surface area (Å²) in [6, 6.07) is 10.3. The van der Waals surface area contributed by atoms with Gasteiger partial charge in [0.1, 0.15) is 5.82 Å². The highest BCUT2D eigenvalue weighted by molar-refractivity contribution is 7.92. The van der Waals surface area contributed by atoms with E-state index in [4.69, 9.17) is 0 Å². The molecule has 1 aliphatic heterocycles. The number of benzene rings is 2. The topological polar surface area (TPSA) is 66.5 Å². The molecule has 0 saturated carbocycles. The van der Waals surface area contributed by atoms with Crippen LogP contribution in [0.1, 0.15) is 18.4 Å². The lowest BCUT2D eigenvalue weighted by molar-refractivity contribution is -0.117. The third-order valence-corrected chi connectivity index (χ3v) is 5.45. The number of halogens is 1. The minimum Gasteiger partial charge on any atom is -0.312 e. The Kier molecular flexibility index (Phi) is 4.28. The Hall–Kier alpha value is -2.41. The van der Waals surface area contributed by atoms with Gasteiger partial charge in [0.15, 0.2) is 0 Å². The number of nitrogens with one attached hydrogen (secondary N) is 1. The number of hydrogen-bond donors (Lipinski definition) is 1. The zero-order valence-corrected chi connectivity index (χ0v) is 13.9. The zero-order valence-electron chi connectivity index (χ0n) is 13.1. The van der Waals surface area contributed by atoms with Crippen LogP contribution in [0.4, 0.5) is 15.8 Å². The lowest BCUT2D eigenvalue weighted by Gasteiger charge is -2.17. The van der Waals surface area contributed by atoms with E-state index in [0.717, 1.165) is 12.5 Å². The molecule has 0 spiro atoms. The van der Waals surface area contributed by atoms with Crippen LogP contribution >= 0.6 is 0 Å². The average molecular weight is 348 g/mol. The fourth-order valence-corrected chi connectivity index (χ4v) is 4.04. The van der Waals surface area contributed by atoms with Gasteiger partial charge in [-0.25, -0.2) is 12.8 Å².